The van der Waals surface area contributed by atoms with Crippen LogP contribution >= 0.6 is 0 Å². The number of sulfonamides is 1. The molecule has 0 unspecified atom stereocenters. The first-order valence-electron chi connectivity index (χ1n) is 11.2. The van der Waals surface area contributed by atoms with Gasteiger partial charge in [-0.15, -0.1) is 0 Å². The van der Waals surface area contributed by atoms with E-state index >= 15 is 0 Å². The Morgan fingerprint density at radius 3 is 2.23 bits per heavy atom. The molecule has 0 fully saturated rings. The maximum absolute atomic E-state index is 13.4. The molecule has 35 heavy (non-hydrogen) atoms. The molecule has 0 heterocycles. The van der Waals surface area contributed by atoms with Crippen LogP contribution in [-0.2, 0) is 16.6 Å². The van der Waals surface area contributed by atoms with Gasteiger partial charge in [0.05, 0.1) is 12.0 Å². The highest BCUT2D eigenvalue weighted by Gasteiger charge is 2.25. The van der Waals surface area contributed by atoms with E-state index in [1.807, 2.05) is 32.0 Å². The van der Waals surface area contributed by atoms with Crippen LogP contribution in [0.25, 0.3) is 0 Å². The smallest absolute Gasteiger partial charge is 0.255 e. The number of amides is 1. The molecule has 0 aromatic heterocycles. The van der Waals surface area contributed by atoms with E-state index in [2.05, 4.69) is 5.32 Å². The lowest BCUT2D eigenvalue weighted by Gasteiger charge is -2.25. The predicted octanol–water partition coefficient (Wildman–Crippen LogP) is 4.75. The molecule has 0 aliphatic heterocycles. The summed E-state index contributed by atoms with van der Waals surface area (Å²) in [6.07, 6.45) is 0.603. The van der Waals surface area contributed by atoms with E-state index in [1.54, 1.807) is 43.5 Å². The number of hydrogen-bond acceptors (Lipinski definition) is 5. The fourth-order valence-corrected chi connectivity index (χ4v) is 5.16. The van der Waals surface area contributed by atoms with Gasteiger partial charge in [0.25, 0.3) is 5.91 Å². The summed E-state index contributed by atoms with van der Waals surface area (Å²) < 4.78 is 46.5. The third-order valence-corrected chi connectivity index (χ3v) is 7.30. The maximum atomic E-state index is 13.4. The lowest BCUT2D eigenvalue weighted by Crippen LogP contribution is -2.32. The molecule has 0 saturated heterocycles. The van der Waals surface area contributed by atoms with Gasteiger partial charge in [-0.3, -0.25) is 4.79 Å². The minimum atomic E-state index is -3.86. The zero-order valence-electron chi connectivity index (χ0n) is 20.3. The average Bonchev–Trinajstić information content (AvgIpc) is 2.84. The van der Waals surface area contributed by atoms with E-state index in [1.165, 1.54) is 16.4 Å². The van der Waals surface area contributed by atoms with Gasteiger partial charge in [0, 0.05) is 44.1 Å². The molecule has 3 aromatic rings. The van der Waals surface area contributed by atoms with E-state index in [0.29, 0.717) is 23.4 Å². The van der Waals surface area contributed by atoms with Gasteiger partial charge in [-0.1, -0.05) is 6.92 Å². The van der Waals surface area contributed by atoms with Gasteiger partial charge < -0.3 is 15.0 Å². The summed E-state index contributed by atoms with van der Waals surface area (Å²) in [7, 11) is 1.44. The molecule has 3 rings (SSSR count). The lowest BCUT2D eigenvalue weighted by molar-refractivity contribution is 0.102. The molecule has 0 aliphatic rings. The maximum Gasteiger partial charge on any atom is 0.255 e. The predicted molar refractivity (Wildman–Crippen MR) is 136 cm³/mol. The standard InChI is InChI=1S/C26H30FN3O4S/c1-5-16-30(35(32,33)24-13-8-21(27)9-14-24)18-20-17-22(10-15-25(20)29(2)3)28-26(31)19-6-11-23(34-4)12-7-19/h6-15,17H,5,16,18H2,1-4H3,(H,28,31). The van der Waals surface area contributed by atoms with E-state index in [9.17, 15) is 17.6 Å². The van der Waals surface area contributed by atoms with Crippen LogP contribution in [0.5, 0.6) is 5.75 Å². The monoisotopic (exact) mass is 499 g/mol. The summed E-state index contributed by atoms with van der Waals surface area (Å²) in [5.74, 6) is -0.140. The molecular formula is C26H30FN3O4S. The van der Waals surface area contributed by atoms with Crippen molar-refractivity contribution in [2.75, 3.05) is 38.0 Å². The number of anilines is 2. The number of nitrogens with zero attached hydrogens (tertiary/aromatic N) is 2. The highest BCUT2D eigenvalue weighted by molar-refractivity contribution is 7.89. The Labute approximate surface area is 206 Å². The Morgan fingerprint density at radius 2 is 1.66 bits per heavy atom. The van der Waals surface area contributed by atoms with Crippen molar-refractivity contribution in [1.82, 2.24) is 4.31 Å². The van der Waals surface area contributed by atoms with E-state index in [0.717, 1.165) is 23.4 Å². The molecule has 1 N–H and O–H groups in total. The number of ether oxygens (including phenoxy) is 1. The van der Waals surface area contributed by atoms with Crippen molar-refractivity contribution >= 4 is 27.3 Å². The van der Waals surface area contributed by atoms with Gasteiger partial charge in [0.2, 0.25) is 10.0 Å². The van der Waals surface area contributed by atoms with Gasteiger partial charge in [0.1, 0.15) is 11.6 Å². The molecule has 3 aromatic carbocycles. The Hall–Kier alpha value is -3.43. The summed E-state index contributed by atoms with van der Waals surface area (Å²) in [4.78, 5) is 14.7. The highest BCUT2D eigenvalue weighted by Crippen LogP contribution is 2.28. The van der Waals surface area contributed by atoms with Crippen molar-refractivity contribution < 1.29 is 22.3 Å². The number of methoxy groups -OCH3 is 1. The Balaban J connectivity index is 1.91. The Morgan fingerprint density at radius 1 is 1.00 bits per heavy atom. The van der Waals surface area contributed by atoms with Crippen LogP contribution in [0.4, 0.5) is 15.8 Å². The largest absolute Gasteiger partial charge is 0.497 e. The molecule has 1 amide bonds. The zero-order chi connectivity index (χ0) is 25.6. The van der Waals surface area contributed by atoms with Crippen LogP contribution in [0.1, 0.15) is 29.3 Å². The summed E-state index contributed by atoms with van der Waals surface area (Å²) >= 11 is 0. The first kappa shape index (κ1) is 26.2. The first-order valence-corrected chi connectivity index (χ1v) is 12.6. The SMILES string of the molecule is CCCN(Cc1cc(NC(=O)c2ccc(OC)cc2)ccc1N(C)C)S(=O)(=O)c1ccc(F)cc1. The summed E-state index contributed by atoms with van der Waals surface area (Å²) in [5, 5.41) is 2.88. The van der Waals surface area contributed by atoms with Crippen molar-refractivity contribution in [3.63, 3.8) is 0 Å². The summed E-state index contributed by atoms with van der Waals surface area (Å²) in [6, 6.07) is 17.0. The number of halogens is 1. The third-order valence-electron chi connectivity index (χ3n) is 5.44. The molecule has 0 aliphatic carbocycles. The molecule has 0 bridgehead atoms. The van der Waals surface area contributed by atoms with Crippen LogP contribution in [0.15, 0.2) is 71.6 Å². The van der Waals surface area contributed by atoms with Crippen LogP contribution < -0.4 is 15.0 Å². The zero-order valence-corrected chi connectivity index (χ0v) is 21.1. The summed E-state index contributed by atoms with van der Waals surface area (Å²) in [6.45, 7) is 2.27. The van der Waals surface area contributed by atoms with Gasteiger partial charge in [-0.2, -0.15) is 4.31 Å². The minimum absolute atomic E-state index is 0.0303. The average molecular weight is 500 g/mol. The van der Waals surface area contributed by atoms with E-state index < -0.39 is 15.8 Å². The second kappa shape index (κ2) is 11.3. The molecule has 0 atom stereocenters. The van der Waals surface area contributed by atoms with Crippen LogP contribution in [0.2, 0.25) is 0 Å². The number of carbonyl (C=O) groups is 1. The van der Waals surface area contributed by atoms with Gasteiger partial charge >= 0.3 is 0 Å². The lowest BCUT2D eigenvalue weighted by atomic mass is 10.1. The van der Waals surface area contributed by atoms with Gasteiger partial charge in [-0.25, -0.2) is 12.8 Å². The summed E-state index contributed by atoms with van der Waals surface area (Å²) in [5.41, 5.74) is 2.56. The fourth-order valence-electron chi connectivity index (χ4n) is 3.65. The normalized spacial score (nSPS) is 11.4. The van der Waals surface area contributed by atoms with Crippen molar-refractivity contribution in [3.05, 3.63) is 83.7 Å². The molecule has 7 nitrogen and oxygen atoms in total. The Bertz CT molecular complexity index is 1260. The molecule has 0 saturated carbocycles. The highest BCUT2D eigenvalue weighted by atomic mass is 32.2. The van der Waals surface area contributed by atoms with Gasteiger partial charge in [0.15, 0.2) is 0 Å². The second-order valence-electron chi connectivity index (χ2n) is 8.21. The molecule has 0 spiro atoms. The van der Waals surface area contributed by atoms with Crippen LogP contribution in [0.3, 0.4) is 0 Å². The molecule has 186 valence electrons. The number of nitrogens with one attached hydrogen (secondary N) is 1. The molecule has 0 radical (unpaired) electrons. The van der Waals surface area contributed by atoms with Gasteiger partial charge in [-0.05, 0) is 78.7 Å². The number of rotatable bonds is 10. The Kier molecular flexibility index (Phi) is 8.48. The van der Waals surface area contributed by atoms with E-state index in [4.69, 9.17) is 4.74 Å². The van der Waals surface area contributed by atoms with Crippen LogP contribution in [-0.4, -0.2) is 46.4 Å². The van der Waals surface area contributed by atoms with E-state index in [-0.39, 0.29) is 23.9 Å². The van der Waals surface area contributed by atoms with Crippen molar-refractivity contribution in [1.29, 1.82) is 0 Å². The molecular weight excluding hydrogens is 469 g/mol. The minimum Gasteiger partial charge on any atom is -0.497 e. The first-order chi connectivity index (χ1) is 16.6. The number of hydrogen-bond donors (Lipinski definition) is 1. The number of carbonyl (C=O) groups excluding carboxylic acids is 1. The molecule has 9 heteroatoms. The van der Waals surface area contributed by atoms with Crippen molar-refractivity contribution in [2.45, 2.75) is 24.8 Å². The van der Waals surface area contributed by atoms with Crippen LogP contribution in [0, 0.1) is 5.82 Å². The topological polar surface area (TPSA) is 79.0 Å². The van der Waals surface area contributed by atoms with Crippen molar-refractivity contribution in [3.8, 4) is 5.75 Å². The fraction of sp³-hybridized carbons (Fsp3) is 0.269. The quantitative estimate of drug-likeness (QED) is 0.435. The second-order valence-corrected chi connectivity index (χ2v) is 10.2. The third kappa shape index (κ3) is 6.37. The van der Waals surface area contributed by atoms with Crippen molar-refractivity contribution in [2.24, 2.45) is 0 Å². The number of benzene rings is 3.